The summed E-state index contributed by atoms with van der Waals surface area (Å²) in [4.78, 5) is 36.2. The van der Waals surface area contributed by atoms with E-state index in [1.165, 1.54) is 30.1 Å². The maximum Gasteiger partial charge on any atom is 0.271 e. The second-order valence-electron chi connectivity index (χ2n) is 6.28. The molecule has 0 aliphatic heterocycles. The van der Waals surface area contributed by atoms with Crippen molar-refractivity contribution in [3.8, 4) is 0 Å². The molecule has 0 aromatic heterocycles. The lowest BCUT2D eigenvalue weighted by molar-refractivity contribution is -0.384. The molecule has 142 valence electrons. The van der Waals surface area contributed by atoms with Crippen LogP contribution in [0.5, 0.6) is 0 Å². The van der Waals surface area contributed by atoms with Gasteiger partial charge >= 0.3 is 0 Å². The fourth-order valence-corrected chi connectivity index (χ4v) is 2.48. The molecule has 0 unspecified atom stereocenters. The number of non-ortho nitro benzene ring substituents is 1. The monoisotopic (exact) mass is 370 g/mol. The van der Waals surface area contributed by atoms with Crippen molar-refractivity contribution in [3.63, 3.8) is 0 Å². The minimum atomic E-state index is -0.649. The van der Waals surface area contributed by atoms with Gasteiger partial charge in [-0.15, -0.1) is 0 Å². The van der Waals surface area contributed by atoms with Crippen molar-refractivity contribution in [2.45, 2.75) is 19.9 Å². The Morgan fingerprint density at radius 2 is 1.81 bits per heavy atom. The molecule has 2 amide bonds. The third-order valence-electron chi connectivity index (χ3n) is 3.90. The van der Waals surface area contributed by atoms with Crippen LogP contribution in [-0.2, 0) is 9.59 Å². The lowest BCUT2D eigenvalue weighted by Crippen LogP contribution is -2.42. The Balaban J connectivity index is 1.91. The predicted molar refractivity (Wildman–Crippen MR) is 104 cm³/mol. The van der Waals surface area contributed by atoms with Crippen LogP contribution in [-0.4, -0.2) is 41.3 Å². The lowest BCUT2D eigenvalue weighted by atomic mass is 10.2. The summed E-state index contributed by atoms with van der Waals surface area (Å²) in [6.07, 6.45) is 0. The highest BCUT2D eigenvalue weighted by Crippen LogP contribution is 2.18. The molecule has 0 aliphatic rings. The molecule has 0 fully saturated rings. The minimum Gasteiger partial charge on any atom is -0.374 e. The van der Waals surface area contributed by atoms with Crippen LogP contribution in [0.1, 0.15) is 12.5 Å². The minimum absolute atomic E-state index is 0.0644. The molecule has 2 aromatic rings. The number of likely N-dealkylation sites (N-methyl/N-ethyl adjacent to an activating group) is 1. The number of carbonyl (C=O) groups excluding carboxylic acids is 2. The number of nitro benzene ring substituents is 1. The zero-order chi connectivity index (χ0) is 20.0. The first-order chi connectivity index (χ1) is 12.8. The average molecular weight is 370 g/mol. The average Bonchev–Trinajstić information content (AvgIpc) is 2.63. The lowest BCUT2D eigenvalue weighted by Gasteiger charge is -2.22. The second kappa shape index (κ2) is 8.79. The van der Waals surface area contributed by atoms with E-state index in [9.17, 15) is 19.7 Å². The number of hydrogen-bond donors (Lipinski definition) is 2. The van der Waals surface area contributed by atoms with Crippen molar-refractivity contribution in [2.24, 2.45) is 0 Å². The smallest absolute Gasteiger partial charge is 0.271 e. The first-order valence-electron chi connectivity index (χ1n) is 8.39. The molecular weight excluding hydrogens is 348 g/mol. The van der Waals surface area contributed by atoms with Crippen LogP contribution >= 0.6 is 0 Å². The van der Waals surface area contributed by atoms with Crippen LogP contribution in [0.25, 0.3) is 0 Å². The standard InChI is InChI=1S/C19H22N4O4/c1-13-7-9-15(10-8-13)21-18(24)12-22(3)19(25)14(2)20-16-5-4-6-17(11-16)23(26)27/h4-11,14,20H,12H2,1-3H3,(H,21,24)/t14-/m1/s1. The highest BCUT2D eigenvalue weighted by Gasteiger charge is 2.20. The highest BCUT2D eigenvalue weighted by atomic mass is 16.6. The SMILES string of the molecule is Cc1ccc(NC(=O)CN(C)C(=O)[C@@H](C)Nc2cccc([N+](=O)[O-])c2)cc1. The number of nitrogens with zero attached hydrogens (tertiary/aromatic N) is 2. The van der Waals surface area contributed by atoms with E-state index >= 15 is 0 Å². The van der Waals surface area contributed by atoms with E-state index in [0.717, 1.165) is 5.56 Å². The van der Waals surface area contributed by atoms with Crippen molar-refractivity contribution in [1.82, 2.24) is 4.90 Å². The van der Waals surface area contributed by atoms with E-state index in [4.69, 9.17) is 0 Å². The Bertz CT molecular complexity index is 836. The van der Waals surface area contributed by atoms with Gasteiger partial charge in [0.25, 0.3) is 5.69 Å². The summed E-state index contributed by atoms with van der Waals surface area (Å²) in [5.41, 5.74) is 2.14. The van der Waals surface area contributed by atoms with Gasteiger partial charge in [0, 0.05) is 30.6 Å². The molecular formula is C19H22N4O4. The molecule has 0 spiro atoms. The molecule has 0 radical (unpaired) electrons. The van der Waals surface area contributed by atoms with Crippen molar-refractivity contribution in [2.75, 3.05) is 24.2 Å². The van der Waals surface area contributed by atoms with E-state index in [0.29, 0.717) is 11.4 Å². The fraction of sp³-hybridized carbons (Fsp3) is 0.263. The van der Waals surface area contributed by atoms with E-state index in [-0.39, 0.29) is 24.0 Å². The van der Waals surface area contributed by atoms with Crippen LogP contribution < -0.4 is 10.6 Å². The molecule has 2 N–H and O–H groups in total. The summed E-state index contributed by atoms with van der Waals surface area (Å²) in [6, 6.07) is 12.6. The molecule has 0 heterocycles. The van der Waals surface area contributed by atoms with Crippen LogP contribution in [0.15, 0.2) is 48.5 Å². The third kappa shape index (κ3) is 5.81. The van der Waals surface area contributed by atoms with Gasteiger partial charge in [0.2, 0.25) is 11.8 Å². The Hall–Kier alpha value is -3.42. The zero-order valence-electron chi connectivity index (χ0n) is 15.4. The molecule has 1 atom stereocenters. The van der Waals surface area contributed by atoms with E-state index in [2.05, 4.69) is 10.6 Å². The Kier molecular flexibility index (Phi) is 6.48. The number of carbonyl (C=O) groups is 2. The van der Waals surface area contributed by atoms with Crippen LogP contribution in [0, 0.1) is 17.0 Å². The van der Waals surface area contributed by atoms with Gasteiger partial charge in [-0.25, -0.2) is 0 Å². The number of benzene rings is 2. The molecule has 0 saturated heterocycles. The molecule has 0 aliphatic carbocycles. The molecule has 27 heavy (non-hydrogen) atoms. The molecule has 0 saturated carbocycles. The molecule has 2 rings (SSSR count). The Morgan fingerprint density at radius 1 is 1.15 bits per heavy atom. The summed E-state index contributed by atoms with van der Waals surface area (Å²) in [6.45, 7) is 3.48. The van der Waals surface area contributed by atoms with E-state index in [1.54, 1.807) is 25.1 Å². The second-order valence-corrected chi connectivity index (χ2v) is 6.28. The first-order valence-corrected chi connectivity index (χ1v) is 8.39. The van der Waals surface area contributed by atoms with Gasteiger partial charge in [0.1, 0.15) is 6.04 Å². The largest absolute Gasteiger partial charge is 0.374 e. The van der Waals surface area contributed by atoms with Crippen molar-refractivity contribution in [3.05, 3.63) is 64.2 Å². The molecule has 8 heteroatoms. The maximum atomic E-state index is 12.4. The summed E-state index contributed by atoms with van der Waals surface area (Å²) in [5, 5.41) is 16.5. The number of nitrogens with one attached hydrogen (secondary N) is 2. The number of rotatable bonds is 7. The van der Waals surface area contributed by atoms with Crippen LogP contribution in [0.2, 0.25) is 0 Å². The van der Waals surface area contributed by atoms with Crippen molar-refractivity contribution in [1.29, 1.82) is 0 Å². The number of hydrogen-bond acceptors (Lipinski definition) is 5. The third-order valence-corrected chi connectivity index (χ3v) is 3.90. The summed E-state index contributed by atoms with van der Waals surface area (Å²) >= 11 is 0. The van der Waals surface area contributed by atoms with Gasteiger partial charge in [0.15, 0.2) is 0 Å². The number of nitro groups is 1. The highest BCUT2D eigenvalue weighted by molar-refractivity contribution is 5.95. The van der Waals surface area contributed by atoms with Crippen LogP contribution in [0.3, 0.4) is 0 Å². The summed E-state index contributed by atoms with van der Waals surface area (Å²) < 4.78 is 0. The van der Waals surface area contributed by atoms with Gasteiger partial charge in [-0.3, -0.25) is 19.7 Å². The Labute approximate surface area is 157 Å². The fourth-order valence-electron chi connectivity index (χ4n) is 2.48. The van der Waals surface area contributed by atoms with Crippen LogP contribution in [0.4, 0.5) is 17.1 Å². The van der Waals surface area contributed by atoms with Gasteiger partial charge in [-0.05, 0) is 32.0 Å². The number of anilines is 2. The number of aryl methyl sites for hydroxylation is 1. The number of amides is 2. The van der Waals surface area contributed by atoms with Gasteiger partial charge < -0.3 is 15.5 Å². The topological polar surface area (TPSA) is 105 Å². The van der Waals surface area contributed by atoms with E-state index < -0.39 is 11.0 Å². The normalized spacial score (nSPS) is 11.4. The zero-order valence-corrected chi connectivity index (χ0v) is 15.4. The quantitative estimate of drug-likeness (QED) is 0.576. The Morgan fingerprint density at radius 3 is 2.44 bits per heavy atom. The van der Waals surface area contributed by atoms with Gasteiger partial charge in [0.05, 0.1) is 11.5 Å². The molecule has 2 aromatic carbocycles. The summed E-state index contributed by atoms with van der Waals surface area (Å²) in [7, 11) is 1.53. The van der Waals surface area contributed by atoms with E-state index in [1.807, 2.05) is 19.1 Å². The first kappa shape index (κ1) is 19.9. The maximum absolute atomic E-state index is 12.4. The molecule has 0 bridgehead atoms. The van der Waals surface area contributed by atoms with Crippen molar-refractivity contribution >= 4 is 28.9 Å². The van der Waals surface area contributed by atoms with Crippen molar-refractivity contribution < 1.29 is 14.5 Å². The predicted octanol–water partition coefficient (Wildman–Crippen LogP) is 2.80. The molecule has 8 nitrogen and oxygen atoms in total. The summed E-state index contributed by atoms with van der Waals surface area (Å²) in [5.74, 6) is -0.613. The van der Waals surface area contributed by atoms with Gasteiger partial charge in [-0.2, -0.15) is 0 Å². The van der Waals surface area contributed by atoms with Gasteiger partial charge in [-0.1, -0.05) is 23.8 Å².